The lowest BCUT2D eigenvalue weighted by molar-refractivity contribution is 0.123. The molecule has 0 aliphatic carbocycles. The van der Waals surface area contributed by atoms with Gasteiger partial charge in [0, 0.05) is 11.8 Å². The van der Waals surface area contributed by atoms with Crippen molar-refractivity contribution in [3.8, 4) is 0 Å². The van der Waals surface area contributed by atoms with Gasteiger partial charge in [-0.1, -0.05) is 0 Å². The van der Waals surface area contributed by atoms with Crippen molar-refractivity contribution in [1.82, 2.24) is 4.98 Å². The molecule has 54 valence electrons. The zero-order chi connectivity index (χ0) is 7.40. The van der Waals surface area contributed by atoms with Gasteiger partial charge in [-0.15, -0.1) is 0 Å². The van der Waals surface area contributed by atoms with Crippen LogP contribution < -0.4 is 5.90 Å². The monoisotopic (exact) mass is 142 g/mol. The zero-order valence-corrected chi connectivity index (χ0v) is 5.25. The van der Waals surface area contributed by atoms with Crippen LogP contribution in [0.1, 0.15) is 5.56 Å². The lowest BCUT2D eigenvalue weighted by atomic mass is 10.3. The summed E-state index contributed by atoms with van der Waals surface area (Å²) in [5, 5.41) is 0. The summed E-state index contributed by atoms with van der Waals surface area (Å²) in [6.45, 7) is 0.185. The molecule has 0 aromatic carbocycles. The third kappa shape index (κ3) is 1.75. The Kier molecular flexibility index (Phi) is 2.30. The van der Waals surface area contributed by atoms with Gasteiger partial charge in [-0.2, -0.15) is 0 Å². The van der Waals surface area contributed by atoms with Gasteiger partial charge >= 0.3 is 0 Å². The first-order valence-electron chi connectivity index (χ1n) is 2.74. The summed E-state index contributed by atoms with van der Waals surface area (Å²) >= 11 is 0. The fourth-order valence-electron chi connectivity index (χ4n) is 0.631. The van der Waals surface area contributed by atoms with Crippen molar-refractivity contribution < 1.29 is 9.23 Å². The first kappa shape index (κ1) is 7.11. The molecule has 0 bridgehead atoms. The third-order valence-electron chi connectivity index (χ3n) is 1.01. The number of pyridine rings is 1. The Bertz CT molecular complexity index is 217. The van der Waals surface area contributed by atoms with Crippen LogP contribution in [-0.4, -0.2) is 4.98 Å². The molecule has 10 heavy (non-hydrogen) atoms. The van der Waals surface area contributed by atoms with Crippen LogP contribution in [0.25, 0.3) is 0 Å². The van der Waals surface area contributed by atoms with Crippen LogP contribution in [0.4, 0.5) is 4.39 Å². The maximum absolute atomic E-state index is 12.3. The first-order chi connectivity index (χ1) is 4.83. The second-order valence-corrected chi connectivity index (χ2v) is 1.82. The van der Waals surface area contributed by atoms with Crippen LogP contribution in [0, 0.1) is 5.82 Å². The molecule has 4 heteroatoms. The quantitative estimate of drug-likeness (QED) is 0.615. The van der Waals surface area contributed by atoms with E-state index in [1.807, 2.05) is 0 Å². The minimum Gasteiger partial charge on any atom is -0.300 e. The van der Waals surface area contributed by atoms with Crippen molar-refractivity contribution >= 4 is 0 Å². The van der Waals surface area contributed by atoms with Crippen LogP contribution in [0.5, 0.6) is 0 Å². The number of rotatable bonds is 2. The molecular weight excluding hydrogens is 135 g/mol. The predicted molar refractivity (Wildman–Crippen MR) is 33.2 cm³/mol. The highest BCUT2D eigenvalue weighted by Crippen LogP contribution is 2.00. The highest BCUT2D eigenvalue weighted by Gasteiger charge is 1.93. The van der Waals surface area contributed by atoms with Gasteiger partial charge in [0.15, 0.2) is 0 Å². The van der Waals surface area contributed by atoms with E-state index in [2.05, 4.69) is 9.82 Å². The normalized spacial score (nSPS) is 9.80. The van der Waals surface area contributed by atoms with Gasteiger partial charge in [0.1, 0.15) is 5.82 Å². The Balaban J connectivity index is 2.75. The van der Waals surface area contributed by atoms with Gasteiger partial charge in [0.2, 0.25) is 0 Å². The van der Waals surface area contributed by atoms with Crippen LogP contribution in [0.15, 0.2) is 18.5 Å². The first-order valence-corrected chi connectivity index (χ1v) is 2.74. The molecule has 0 unspecified atom stereocenters. The number of aromatic nitrogens is 1. The van der Waals surface area contributed by atoms with E-state index in [0.717, 1.165) is 6.20 Å². The molecule has 0 aliphatic rings. The molecule has 1 heterocycles. The Labute approximate surface area is 57.6 Å². The smallest absolute Gasteiger partial charge is 0.141 e. The van der Waals surface area contributed by atoms with Gasteiger partial charge in [-0.3, -0.25) is 9.82 Å². The van der Waals surface area contributed by atoms with Crippen LogP contribution in [0.3, 0.4) is 0 Å². The molecule has 0 aliphatic heterocycles. The molecule has 0 spiro atoms. The summed E-state index contributed by atoms with van der Waals surface area (Å²) in [6, 6.07) is 1.32. The van der Waals surface area contributed by atoms with Crippen molar-refractivity contribution in [3.63, 3.8) is 0 Å². The molecule has 1 aromatic rings. The maximum Gasteiger partial charge on any atom is 0.141 e. The number of halogens is 1. The van der Waals surface area contributed by atoms with Gasteiger partial charge in [0.25, 0.3) is 0 Å². The molecule has 0 saturated carbocycles. The number of hydrogen-bond donors (Lipinski definition) is 1. The molecular formula is C6H7FN2O. The van der Waals surface area contributed by atoms with E-state index in [9.17, 15) is 4.39 Å². The lowest BCUT2D eigenvalue weighted by Crippen LogP contribution is -1.99. The SMILES string of the molecule is NOCc1cncc(F)c1. The van der Waals surface area contributed by atoms with E-state index in [1.54, 1.807) is 0 Å². The van der Waals surface area contributed by atoms with Crippen molar-refractivity contribution in [2.75, 3.05) is 0 Å². The number of nitrogens with two attached hydrogens (primary N) is 1. The summed E-state index contributed by atoms with van der Waals surface area (Å²) in [6.07, 6.45) is 2.62. The molecule has 0 saturated heterocycles. The summed E-state index contributed by atoms with van der Waals surface area (Å²) in [7, 11) is 0. The van der Waals surface area contributed by atoms with Crippen LogP contribution in [-0.2, 0) is 11.4 Å². The topological polar surface area (TPSA) is 48.1 Å². The molecule has 0 fully saturated rings. The zero-order valence-electron chi connectivity index (χ0n) is 5.25. The minimum atomic E-state index is -0.380. The van der Waals surface area contributed by atoms with Crippen molar-refractivity contribution in [1.29, 1.82) is 0 Å². The average Bonchev–Trinajstić information content (AvgIpc) is 1.88. The van der Waals surface area contributed by atoms with Gasteiger partial charge in [0.05, 0.1) is 12.8 Å². The van der Waals surface area contributed by atoms with E-state index in [0.29, 0.717) is 5.56 Å². The van der Waals surface area contributed by atoms with Crippen molar-refractivity contribution in [2.24, 2.45) is 5.90 Å². The second kappa shape index (κ2) is 3.24. The maximum atomic E-state index is 12.3. The molecule has 1 aromatic heterocycles. The van der Waals surface area contributed by atoms with Gasteiger partial charge in [-0.05, 0) is 6.07 Å². The van der Waals surface area contributed by atoms with E-state index in [1.165, 1.54) is 12.3 Å². The summed E-state index contributed by atoms with van der Waals surface area (Å²) in [5.41, 5.74) is 0.627. The highest BCUT2D eigenvalue weighted by atomic mass is 19.1. The largest absolute Gasteiger partial charge is 0.300 e. The summed E-state index contributed by atoms with van der Waals surface area (Å²) < 4.78 is 12.3. The van der Waals surface area contributed by atoms with E-state index < -0.39 is 0 Å². The molecule has 0 atom stereocenters. The lowest BCUT2D eigenvalue weighted by Gasteiger charge is -1.95. The van der Waals surface area contributed by atoms with Gasteiger partial charge < -0.3 is 0 Å². The molecule has 2 N–H and O–H groups in total. The Morgan fingerprint density at radius 2 is 2.40 bits per heavy atom. The standard InChI is InChI=1S/C6H7FN2O/c7-6-1-5(4-10-8)2-9-3-6/h1-3H,4,8H2. The molecule has 0 amide bonds. The minimum absolute atomic E-state index is 0.185. The fraction of sp³-hybridized carbons (Fsp3) is 0.167. The summed E-state index contributed by atoms with van der Waals surface area (Å²) in [4.78, 5) is 7.87. The van der Waals surface area contributed by atoms with Crippen molar-refractivity contribution in [2.45, 2.75) is 6.61 Å². The van der Waals surface area contributed by atoms with Gasteiger partial charge in [-0.25, -0.2) is 10.3 Å². The third-order valence-corrected chi connectivity index (χ3v) is 1.01. The van der Waals surface area contributed by atoms with Crippen LogP contribution >= 0.6 is 0 Å². The Morgan fingerprint density at radius 3 is 3.00 bits per heavy atom. The Hall–Kier alpha value is -1.00. The van der Waals surface area contributed by atoms with E-state index in [4.69, 9.17) is 5.90 Å². The molecule has 3 nitrogen and oxygen atoms in total. The van der Waals surface area contributed by atoms with Crippen molar-refractivity contribution in [3.05, 3.63) is 29.8 Å². The van der Waals surface area contributed by atoms with E-state index >= 15 is 0 Å². The fourth-order valence-corrected chi connectivity index (χ4v) is 0.631. The summed E-state index contributed by atoms with van der Waals surface area (Å²) in [5.74, 6) is 4.38. The number of hydrogen-bond acceptors (Lipinski definition) is 3. The van der Waals surface area contributed by atoms with Crippen LogP contribution in [0.2, 0.25) is 0 Å². The predicted octanol–water partition coefficient (Wildman–Crippen LogP) is 0.611. The average molecular weight is 142 g/mol. The van der Waals surface area contributed by atoms with E-state index in [-0.39, 0.29) is 12.4 Å². The highest BCUT2D eigenvalue weighted by molar-refractivity contribution is 5.08. The molecule has 0 radical (unpaired) electrons. The Morgan fingerprint density at radius 1 is 1.60 bits per heavy atom. The number of nitrogens with zero attached hydrogens (tertiary/aromatic N) is 1. The second-order valence-electron chi connectivity index (χ2n) is 1.82. The molecule has 1 rings (SSSR count).